The summed E-state index contributed by atoms with van der Waals surface area (Å²) in [7, 11) is 0. The second kappa shape index (κ2) is 10.2. The summed E-state index contributed by atoms with van der Waals surface area (Å²) in [5.74, 6) is -0.263. The maximum Gasteiger partial charge on any atom is 0.333 e. The Morgan fingerprint density at radius 1 is 1.48 bits per heavy atom. The van der Waals surface area contributed by atoms with E-state index in [1.54, 1.807) is 18.7 Å². The third-order valence-corrected chi connectivity index (χ3v) is 4.88. The second-order valence-corrected chi connectivity index (χ2v) is 7.44. The van der Waals surface area contributed by atoms with Crippen LogP contribution < -0.4 is 0 Å². The van der Waals surface area contributed by atoms with Gasteiger partial charge in [-0.15, -0.1) is 0 Å². The van der Waals surface area contributed by atoms with Gasteiger partial charge in [0, 0.05) is 10.8 Å². The topological polar surface area (TPSA) is 35.5 Å². The first-order chi connectivity index (χ1) is 10.0. The fraction of sp³-hybridized carbons (Fsp3) is 0.750. The molecule has 0 bridgehead atoms. The van der Waals surface area contributed by atoms with Crippen LogP contribution in [0.2, 0.25) is 0 Å². The zero-order valence-electron chi connectivity index (χ0n) is 13.1. The Morgan fingerprint density at radius 3 is 2.76 bits per heavy atom. The standard InChI is InChI=1S/C16H26O3S2/c1-4-5-8-13(19-15(17)12(2)3)9-6-7-10-14-11-18-16(20)21-14/h13-14H,2,4-11H2,1,3H3. The number of ether oxygens (including phenoxy) is 2. The van der Waals surface area contributed by atoms with Crippen LogP contribution in [0.15, 0.2) is 12.2 Å². The number of carbonyl (C=O) groups is 1. The highest BCUT2D eigenvalue weighted by Gasteiger charge is 2.21. The average molecular weight is 331 g/mol. The SMILES string of the molecule is C=C(C)C(=O)OC(CCCC)CCCCC1COC(=S)S1. The molecule has 3 nitrogen and oxygen atoms in total. The van der Waals surface area contributed by atoms with Gasteiger partial charge in [-0.1, -0.05) is 44.5 Å². The minimum absolute atomic E-state index is 0.0303. The summed E-state index contributed by atoms with van der Waals surface area (Å²) in [6.45, 7) is 8.23. The molecule has 0 aromatic rings. The van der Waals surface area contributed by atoms with E-state index in [4.69, 9.17) is 21.7 Å². The summed E-state index contributed by atoms with van der Waals surface area (Å²) < 4.78 is 11.5. The molecule has 5 heteroatoms. The Labute approximate surface area is 137 Å². The molecule has 0 aliphatic carbocycles. The molecule has 0 spiro atoms. The van der Waals surface area contributed by atoms with E-state index in [0.717, 1.165) is 51.6 Å². The lowest BCUT2D eigenvalue weighted by atomic mass is 10.0. The van der Waals surface area contributed by atoms with Gasteiger partial charge in [-0.25, -0.2) is 4.79 Å². The summed E-state index contributed by atoms with van der Waals surface area (Å²) >= 11 is 6.68. The van der Waals surface area contributed by atoms with Crippen molar-refractivity contribution in [3.8, 4) is 0 Å². The molecule has 1 heterocycles. The first-order valence-electron chi connectivity index (χ1n) is 7.72. The summed E-state index contributed by atoms with van der Waals surface area (Å²) in [6, 6.07) is 0. The molecule has 2 atom stereocenters. The first kappa shape index (κ1) is 18.5. The van der Waals surface area contributed by atoms with Crippen molar-refractivity contribution in [1.29, 1.82) is 0 Å². The molecule has 1 saturated heterocycles. The zero-order valence-corrected chi connectivity index (χ0v) is 14.7. The smallest absolute Gasteiger partial charge is 0.333 e. The van der Waals surface area contributed by atoms with Gasteiger partial charge in [-0.3, -0.25) is 0 Å². The van der Waals surface area contributed by atoms with E-state index in [0.29, 0.717) is 15.2 Å². The van der Waals surface area contributed by atoms with Gasteiger partial charge in [0.2, 0.25) is 4.38 Å². The zero-order chi connectivity index (χ0) is 15.7. The normalized spacial score (nSPS) is 19.1. The monoisotopic (exact) mass is 330 g/mol. The van der Waals surface area contributed by atoms with Crippen molar-refractivity contribution in [3.63, 3.8) is 0 Å². The lowest BCUT2D eigenvalue weighted by molar-refractivity contribution is -0.145. The van der Waals surface area contributed by atoms with E-state index in [2.05, 4.69) is 13.5 Å². The summed E-state index contributed by atoms with van der Waals surface area (Å²) in [5, 5.41) is 0.504. The van der Waals surface area contributed by atoms with Crippen LogP contribution in [0.1, 0.15) is 58.8 Å². The molecule has 0 radical (unpaired) electrons. The minimum atomic E-state index is -0.263. The average Bonchev–Trinajstić information content (AvgIpc) is 2.85. The summed E-state index contributed by atoms with van der Waals surface area (Å²) in [6.07, 6.45) is 7.42. The van der Waals surface area contributed by atoms with Gasteiger partial charge >= 0.3 is 5.97 Å². The number of esters is 1. The Bertz CT molecular complexity index is 369. The molecule has 0 saturated carbocycles. The molecule has 1 aliphatic heterocycles. The number of hydrogen-bond acceptors (Lipinski definition) is 5. The number of thioether (sulfide) groups is 1. The number of thiocarbonyl (C=S) groups is 1. The Morgan fingerprint density at radius 2 is 2.19 bits per heavy atom. The van der Waals surface area contributed by atoms with Crippen molar-refractivity contribution < 1.29 is 14.3 Å². The predicted molar refractivity (Wildman–Crippen MR) is 92.6 cm³/mol. The number of hydrogen-bond donors (Lipinski definition) is 0. The molecule has 1 fully saturated rings. The van der Waals surface area contributed by atoms with Crippen LogP contribution in [-0.4, -0.2) is 28.3 Å². The minimum Gasteiger partial charge on any atom is -0.477 e. The van der Waals surface area contributed by atoms with Gasteiger partial charge < -0.3 is 9.47 Å². The number of carbonyl (C=O) groups excluding carboxylic acids is 1. The maximum absolute atomic E-state index is 11.6. The quantitative estimate of drug-likeness (QED) is 0.252. The lowest BCUT2D eigenvalue weighted by Gasteiger charge is -2.18. The Balaban J connectivity index is 2.23. The van der Waals surface area contributed by atoms with Crippen LogP contribution in [0.5, 0.6) is 0 Å². The molecular weight excluding hydrogens is 304 g/mol. The number of unbranched alkanes of at least 4 members (excludes halogenated alkanes) is 2. The summed E-state index contributed by atoms with van der Waals surface area (Å²) in [5.41, 5.74) is 0.476. The molecule has 0 N–H and O–H groups in total. The van der Waals surface area contributed by atoms with Gasteiger partial charge in [0.15, 0.2) is 0 Å². The van der Waals surface area contributed by atoms with Crippen LogP contribution in [0.25, 0.3) is 0 Å². The largest absolute Gasteiger partial charge is 0.477 e. The first-order valence-corrected chi connectivity index (χ1v) is 9.01. The van der Waals surface area contributed by atoms with E-state index in [-0.39, 0.29) is 12.1 Å². The van der Waals surface area contributed by atoms with E-state index in [1.165, 1.54) is 0 Å². The van der Waals surface area contributed by atoms with E-state index in [9.17, 15) is 4.79 Å². The molecule has 2 unspecified atom stereocenters. The fourth-order valence-electron chi connectivity index (χ4n) is 2.20. The third-order valence-electron chi connectivity index (χ3n) is 3.45. The van der Waals surface area contributed by atoms with E-state index < -0.39 is 0 Å². The van der Waals surface area contributed by atoms with Crippen molar-refractivity contribution >= 4 is 34.3 Å². The molecule has 0 amide bonds. The van der Waals surface area contributed by atoms with Crippen LogP contribution in [0.4, 0.5) is 0 Å². The molecule has 1 rings (SSSR count). The van der Waals surface area contributed by atoms with Gasteiger partial charge in [0.05, 0.1) is 0 Å². The highest BCUT2D eigenvalue weighted by atomic mass is 32.2. The van der Waals surface area contributed by atoms with Crippen LogP contribution in [0.3, 0.4) is 0 Å². The van der Waals surface area contributed by atoms with Gasteiger partial charge in [0.1, 0.15) is 12.7 Å². The van der Waals surface area contributed by atoms with Crippen molar-refractivity contribution in [2.24, 2.45) is 0 Å². The predicted octanol–water partition coefficient (Wildman–Crippen LogP) is 4.64. The lowest BCUT2D eigenvalue weighted by Crippen LogP contribution is -2.19. The third kappa shape index (κ3) is 7.86. The Hall–Kier alpha value is -0.550. The molecule has 120 valence electrons. The molecule has 0 aromatic carbocycles. The maximum atomic E-state index is 11.6. The molecule has 1 aliphatic rings. The highest BCUT2D eigenvalue weighted by molar-refractivity contribution is 8.23. The summed E-state index contributed by atoms with van der Waals surface area (Å²) in [4.78, 5) is 11.6. The fourth-order valence-corrected chi connectivity index (χ4v) is 3.50. The number of rotatable bonds is 10. The van der Waals surface area contributed by atoms with Crippen molar-refractivity contribution in [1.82, 2.24) is 0 Å². The van der Waals surface area contributed by atoms with Crippen LogP contribution in [-0.2, 0) is 14.3 Å². The Kier molecular flexibility index (Phi) is 9.00. The molecule has 0 aromatic heterocycles. The van der Waals surface area contributed by atoms with Crippen molar-refractivity contribution in [3.05, 3.63) is 12.2 Å². The van der Waals surface area contributed by atoms with Gasteiger partial charge in [0.25, 0.3) is 0 Å². The van der Waals surface area contributed by atoms with E-state index in [1.807, 2.05) is 0 Å². The van der Waals surface area contributed by atoms with Crippen LogP contribution >= 0.6 is 24.0 Å². The second-order valence-electron chi connectivity index (χ2n) is 5.54. The highest BCUT2D eigenvalue weighted by Crippen LogP contribution is 2.27. The van der Waals surface area contributed by atoms with E-state index >= 15 is 0 Å². The molecular formula is C16H26O3S2. The van der Waals surface area contributed by atoms with Gasteiger partial charge in [-0.2, -0.15) is 0 Å². The molecule has 21 heavy (non-hydrogen) atoms. The van der Waals surface area contributed by atoms with Crippen LogP contribution in [0, 0.1) is 0 Å². The van der Waals surface area contributed by atoms with Crippen molar-refractivity contribution in [2.75, 3.05) is 6.61 Å². The van der Waals surface area contributed by atoms with Gasteiger partial charge in [-0.05, 0) is 44.8 Å². The van der Waals surface area contributed by atoms with Crippen molar-refractivity contribution in [2.45, 2.75) is 70.1 Å².